The molecule has 0 saturated heterocycles. The Morgan fingerprint density at radius 1 is 1.25 bits per heavy atom. The lowest BCUT2D eigenvalue weighted by atomic mass is 10.1. The first-order valence-electron chi connectivity index (χ1n) is 5.54. The van der Waals surface area contributed by atoms with Crippen LogP contribution in [-0.4, -0.2) is 11.5 Å². The second-order valence-corrected chi connectivity index (χ2v) is 6.17. The average molecular weight is 378 g/mol. The van der Waals surface area contributed by atoms with E-state index >= 15 is 0 Å². The highest BCUT2D eigenvalue weighted by atomic mass is 79.9. The molecule has 0 aliphatic carbocycles. The van der Waals surface area contributed by atoms with Crippen molar-refractivity contribution in [3.8, 4) is 0 Å². The second-order valence-electron chi connectivity index (χ2n) is 3.89. The molecule has 0 saturated carbocycles. The third-order valence-corrected chi connectivity index (χ3v) is 4.75. The maximum Gasteiger partial charge on any atom is 0.176 e. The largest absolute Gasteiger partial charge is 0.293 e. The Morgan fingerprint density at radius 2 is 2.00 bits per heavy atom. The summed E-state index contributed by atoms with van der Waals surface area (Å²) in [6, 6.07) is 8.78. The van der Waals surface area contributed by atoms with E-state index in [9.17, 15) is 13.6 Å². The van der Waals surface area contributed by atoms with Crippen LogP contribution >= 0.6 is 39.3 Å². The zero-order valence-electron chi connectivity index (χ0n) is 10.00. The number of hydrogen-bond acceptors (Lipinski definition) is 2. The van der Waals surface area contributed by atoms with Gasteiger partial charge in [-0.15, -0.1) is 11.8 Å². The minimum Gasteiger partial charge on any atom is -0.293 e. The van der Waals surface area contributed by atoms with E-state index in [0.717, 1.165) is 11.8 Å². The molecule has 6 heteroatoms. The fourth-order valence-electron chi connectivity index (χ4n) is 1.52. The maximum atomic E-state index is 13.9. The van der Waals surface area contributed by atoms with E-state index < -0.39 is 11.6 Å². The molecule has 0 radical (unpaired) electrons. The zero-order chi connectivity index (χ0) is 14.7. The van der Waals surface area contributed by atoms with E-state index in [1.165, 1.54) is 24.3 Å². The summed E-state index contributed by atoms with van der Waals surface area (Å²) < 4.78 is 27.2. The standard InChI is InChI=1S/C14H8BrClF2OS/c15-11-5-4-10(14(18)13(11)16)12(19)7-20-9-3-1-2-8(17)6-9/h1-6H,7H2. The lowest BCUT2D eigenvalue weighted by molar-refractivity contribution is 0.101. The molecule has 0 unspecified atom stereocenters. The van der Waals surface area contributed by atoms with E-state index in [0.29, 0.717) is 9.37 Å². The molecule has 0 bridgehead atoms. The summed E-state index contributed by atoms with van der Waals surface area (Å²) in [6.07, 6.45) is 0. The molecule has 0 atom stereocenters. The Bertz CT molecular complexity index is 664. The smallest absolute Gasteiger partial charge is 0.176 e. The van der Waals surface area contributed by atoms with Crippen molar-refractivity contribution < 1.29 is 13.6 Å². The Morgan fingerprint density at radius 3 is 2.70 bits per heavy atom. The SMILES string of the molecule is O=C(CSc1cccc(F)c1)c1ccc(Br)c(Cl)c1F. The molecule has 0 aliphatic heterocycles. The lowest BCUT2D eigenvalue weighted by Crippen LogP contribution is -2.06. The molecule has 20 heavy (non-hydrogen) atoms. The van der Waals surface area contributed by atoms with Gasteiger partial charge in [-0.25, -0.2) is 8.78 Å². The normalized spacial score (nSPS) is 10.6. The summed E-state index contributed by atoms with van der Waals surface area (Å²) in [5.41, 5.74) is -0.0675. The molecule has 2 aromatic carbocycles. The van der Waals surface area contributed by atoms with E-state index in [1.807, 2.05) is 0 Å². The van der Waals surface area contributed by atoms with Crippen LogP contribution in [0.2, 0.25) is 5.02 Å². The van der Waals surface area contributed by atoms with Gasteiger partial charge in [-0.05, 0) is 46.3 Å². The van der Waals surface area contributed by atoms with Crippen molar-refractivity contribution in [3.05, 3.63) is 63.1 Å². The summed E-state index contributed by atoms with van der Waals surface area (Å²) in [7, 11) is 0. The van der Waals surface area contributed by atoms with Crippen molar-refractivity contribution >= 4 is 45.1 Å². The van der Waals surface area contributed by atoms with Gasteiger partial charge in [0.2, 0.25) is 0 Å². The minimum atomic E-state index is -0.745. The van der Waals surface area contributed by atoms with Crippen LogP contribution in [0.5, 0.6) is 0 Å². The van der Waals surface area contributed by atoms with Gasteiger partial charge in [0, 0.05) is 9.37 Å². The van der Waals surface area contributed by atoms with Gasteiger partial charge in [-0.1, -0.05) is 17.7 Å². The number of rotatable bonds is 4. The van der Waals surface area contributed by atoms with Gasteiger partial charge < -0.3 is 0 Å². The number of thioether (sulfide) groups is 1. The minimum absolute atomic E-state index is 0.0122. The first-order valence-corrected chi connectivity index (χ1v) is 7.70. The van der Waals surface area contributed by atoms with E-state index in [2.05, 4.69) is 15.9 Å². The number of carbonyl (C=O) groups excluding carboxylic acids is 1. The molecular formula is C14H8BrClF2OS. The van der Waals surface area contributed by atoms with Crippen molar-refractivity contribution in [1.29, 1.82) is 0 Å². The molecular weight excluding hydrogens is 370 g/mol. The van der Waals surface area contributed by atoms with Crippen molar-refractivity contribution in [2.24, 2.45) is 0 Å². The van der Waals surface area contributed by atoms with Crippen LogP contribution < -0.4 is 0 Å². The van der Waals surface area contributed by atoms with Crippen LogP contribution in [0.25, 0.3) is 0 Å². The Labute approximate surface area is 132 Å². The van der Waals surface area contributed by atoms with Crippen molar-refractivity contribution in [3.63, 3.8) is 0 Å². The van der Waals surface area contributed by atoms with Crippen LogP contribution in [0, 0.1) is 11.6 Å². The summed E-state index contributed by atoms with van der Waals surface area (Å²) >= 11 is 9.96. The second kappa shape index (κ2) is 6.70. The van der Waals surface area contributed by atoms with Crippen LogP contribution in [0.1, 0.15) is 10.4 Å². The Hall–Kier alpha value is -0.910. The molecule has 1 nitrogen and oxygen atoms in total. The highest BCUT2D eigenvalue weighted by Crippen LogP contribution is 2.29. The summed E-state index contributed by atoms with van der Waals surface area (Å²) in [6.45, 7) is 0. The number of hydrogen-bond donors (Lipinski definition) is 0. The molecule has 0 aromatic heterocycles. The first-order chi connectivity index (χ1) is 9.49. The van der Waals surface area contributed by atoms with Crippen LogP contribution in [0.15, 0.2) is 45.8 Å². The average Bonchev–Trinajstić information content (AvgIpc) is 2.42. The monoisotopic (exact) mass is 376 g/mol. The summed E-state index contributed by atoms with van der Waals surface area (Å²) in [5, 5.41) is -0.119. The van der Waals surface area contributed by atoms with Gasteiger partial charge in [-0.3, -0.25) is 4.79 Å². The number of ketones is 1. The third-order valence-electron chi connectivity index (χ3n) is 2.50. The van der Waals surface area contributed by atoms with Gasteiger partial charge in [0.05, 0.1) is 16.3 Å². The molecule has 2 aromatic rings. The molecule has 0 aliphatic rings. The van der Waals surface area contributed by atoms with Gasteiger partial charge in [0.25, 0.3) is 0 Å². The fourth-order valence-corrected chi connectivity index (χ4v) is 2.82. The molecule has 0 fully saturated rings. The van der Waals surface area contributed by atoms with Gasteiger partial charge in [-0.2, -0.15) is 0 Å². The van der Waals surface area contributed by atoms with E-state index in [4.69, 9.17) is 11.6 Å². The molecule has 0 amide bonds. The van der Waals surface area contributed by atoms with Gasteiger partial charge >= 0.3 is 0 Å². The maximum absolute atomic E-state index is 13.9. The van der Waals surface area contributed by atoms with Gasteiger partial charge in [0.1, 0.15) is 5.82 Å². The quantitative estimate of drug-likeness (QED) is 0.405. The topological polar surface area (TPSA) is 17.1 Å². The predicted molar refractivity (Wildman–Crippen MR) is 80.6 cm³/mol. The predicted octanol–water partition coefficient (Wildman–Crippen LogP) is 5.36. The zero-order valence-corrected chi connectivity index (χ0v) is 13.2. The van der Waals surface area contributed by atoms with Crippen LogP contribution in [0.4, 0.5) is 8.78 Å². The van der Waals surface area contributed by atoms with Gasteiger partial charge in [0.15, 0.2) is 11.6 Å². The third kappa shape index (κ3) is 3.59. The number of halogens is 4. The molecule has 0 N–H and O–H groups in total. The molecule has 104 valence electrons. The van der Waals surface area contributed by atoms with E-state index in [1.54, 1.807) is 12.1 Å². The van der Waals surface area contributed by atoms with Crippen LogP contribution in [-0.2, 0) is 0 Å². The summed E-state index contributed by atoms with van der Waals surface area (Å²) in [4.78, 5) is 12.6. The van der Waals surface area contributed by atoms with Crippen LogP contribution in [0.3, 0.4) is 0 Å². The van der Waals surface area contributed by atoms with Crippen molar-refractivity contribution in [2.45, 2.75) is 4.90 Å². The molecule has 0 heterocycles. The number of benzene rings is 2. The highest BCUT2D eigenvalue weighted by Gasteiger charge is 2.16. The van der Waals surface area contributed by atoms with Crippen molar-refractivity contribution in [2.75, 3.05) is 5.75 Å². The highest BCUT2D eigenvalue weighted by molar-refractivity contribution is 9.10. The van der Waals surface area contributed by atoms with Crippen molar-refractivity contribution in [1.82, 2.24) is 0 Å². The first kappa shape index (κ1) is 15.5. The fraction of sp³-hybridized carbons (Fsp3) is 0.0714. The molecule has 0 spiro atoms. The Kier molecular flexibility index (Phi) is 5.18. The number of Topliss-reactive ketones (excluding diaryl/α,β-unsaturated/α-hetero) is 1. The summed E-state index contributed by atoms with van der Waals surface area (Å²) in [5.74, 6) is -1.50. The van der Waals surface area contributed by atoms with E-state index in [-0.39, 0.29) is 22.2 Å². The number of carbonyl (C=O) groups is 1. The Balaban J connectivity index is 2.11. The lowest BCUT2D eigenvalue weighted by Gasteiger charge is -2.05. The molecule has 2 rings (SSSR count).